The standard InChI is InChI=1S/C19H28N2O5/c1-19(2,3)26-18(24)20-14-9-10-15(16(22)11-14)21-17(23)25-12-13-7-5-4-6-8-13/h4-8,14-16,22H,9-12H2,1-3H3,(H,20,24)(H,21,23)/t14-,15-,16-/m0/s1. The smallest absolute Gasteiger partial charge is 0.407 e. The maximum Gasteiger partial charge on any atom is 0.407 e. The van der Waals surface area contributed by atoms with Crippen LogP contribution in [-0.2, 0) is 16.1 Å². The third-order valence-electron chi connectivity index (χ3n) is 4.05. The van der Waals surface area contributed by atoms with Crippen molar-refractivity contribution >= 4 is 12.2 Å². The lowest BCUT2D eigenvalue weighted by Gasteiger charge is -2.34. The molecule has 1 aliphatic rings. The molecule has 1 aromatic carbocycles. The van der Waals surface area contributed by atoms with E-state index < -0.39 is 29.9 Å². The molecule has 1 aliphatic carbocycles. The van der Waals surface area contributed by atoms with Gasteiger partial charge in [-0.25, -0.2) is 9.59 Å². The van der Waals surface area contributed by atoms with Crippen molar-refractivity contribution in [1.82, 2.24) is 10.6 Å². The predicted octanol–water partition coefficient (Wildman–Crippen LogP) is 2.72. The van der Waals surface area contributed by atoms with Crippen LogP contribution in [0.1, 0.15) is 45.6 Å². The Kier molecular flexibility index (Phi) is 6.85. The highest BCUT2D eigenvalue weighted by Crippen LogP contribution is 2.20. The quantitative estimate of drug-likeness (QED) is 0.763. The van der Waals surface area contributed by atoms with Crippen LogP contribution in [0.4, 0.5) is 9.59 Å². The van der Waals surface area contributed by atoms with Gasteiger partial charge in [0.15, 0.2) is 0 Å². The number of nitrogens with one attached hydrogen (secondary N) is 2. The summed E-state index contributed by atoms with van der Waals surface area (Å²) in [6, 6.07) is 8.81. The van der Waals surface area contributed by atoms with Gasteiger partial charge in [0, 0.05) is 6.04 Å². The fourth-order valence-electron chi connectivity index (χ4n) is 2.84. The van der Waals surface area contributed by atoms with Gasteiger partial charge in [-0.1, -0.05) is 30.3 Å². The van der Waals surface area contributed by atoms with Gasteiger partial charge in [0.05, 0.1) is 12.1 Å². The minimum atomic E-state index is -0.757. The van der Waals surface area contributed by atoms with Crippen molar-refractivity contribution in [2.75, 3.05) is 0 Å². The van der Waals surface area contributed by atoms with Gasteiger partial charge in [-0.2, -0.15) is 0 Å². The summed E-state index contributed by atoms with van der Waals surface area (Å²) in [5.41, 5.74) is 0.331. The largest absolute Gasteiger partial charge is 0.445 e. The van der Waals surface area contributed by atoms with Crippen molar-refractivity contribution in [3.8, 4) is 0 Å². The van der Waals surface area contributed by atoms with E-state index >= 15 is 0 Å². The van der Waals surface area contributed by atoms with Crippen LogP contribution in [0.2, 0.25) is 0 Å². The molecule has 144 valence electrons. The van der Waals surface area contributed by atoms with Gasteiger partial charge in [-0.3, -0.25) is 0 Å². The Morgan fingerprint density at radius 3 is 2.42 bits per heavy atom. The van der Waals surface area contributed by atoms with Crippen LogP contribution in [0.5, 0.6) is 0 Å². The Bertz CT molecular complexity index is 600. The van der Waals surface area contributed by atoms with Crippen LogP contribution in [0, 0.1) is 0 Å². The summed E-state index contributed by atoms with van der Waals surface area (Å²) in [7, 11) is 0. The molecule has 26 heavy (non-hydrogen) atoms. The average Bonchev–Trinajstić information content (AvgIpc) is 2.55. The Balaban J connectivity index is 1.72. The number of rotatable bonds is 4. The summed E-state index contributed by atoms with van der Waals surface area (Å²) >= 11 is 0. The van der Waals surface area contributed by atoms with Crippen LogP contribution in [0.15, 0.2) is 30.3 Å². The van der Waals surface area contributed by atoms with E-state index in [-0.39, 0.29) is 12.6 Å². The van der Waals surface area contributed by atoms with E-state index in [1.165, 1.54) is 0 Å². The van der Waals surface area contributed by atoms with Crippen molar-refractivity contribution in [3.05, 3.63) is 35.9 Å². The number of hydrogen-bond acceptors (Lipinski definition) is 5. The maximum absolute atomic E-state index is 11.9. The van der Waals surface area contributed by atoms with E-state index in [1.54, 1.807) is 20.8 Å². The summed E-state index contributed by atoms with van der Waals surface area (Å²) in [5, 5.41) is 15.7. The molecule has 1 fully saturated rings. The van der Waals surface area contributed by atoms with E-state index in [1.807, 2.05) is 30.3 Å². The summed E-state index contributed by atoms with van der Waals surface area (Å²) in [6.45, 7) is 5.56. The highest BCUT2D eigenvalue weighted by atomic mass is 16.6. The molecule has 1 saturated carbocycles. The fraction of sp³-hybridized carbons (Fsp3) is 0.579. The second-order valence-electron chi connectivity index (χ2n) is 7.54. The molecule has 1 aromatic rings. The third kappa shape index (κ3) is 6.92. The van der Waals surface area contributed by atoms with E-state index in [2.05, 4.69) is 10.6 Å². The zero-order valence-corrected chi connectivity index (χ0v) is 15.5. The zero-order chi connectivity index (χ0) is 19.2. The predicted molar refractivity (Wildman–Crippen MR) is 96.6 cm³/mol. The molecule has 0 unspecified atom stereocenters. The molecule has 3 N–H and O–H groups in total. The number of carbonyl (C=O) groups excluding carboxylic acids is 2. The molecule has 0 radical (unpaired) electrons. The Hall–Kier alpha value is -2.28. The molecule has 2 amide bonds. The molecule has 0 aromatic heterocycles. The second kappa shape index (κ2) is 8.89. The van der Waals surface area contributed by atoms with Gasteiger partial charge in [0.25, 0.3) is 0 Å². The number of ether oxygens (including phenoxy) is 2. The molecule has 2 rings (SSSR count). The molecule has 0 heterocycles. The minimum absolute atomic E-state index is 0.179. The summed E-state index contributed by atoms with van der Waals surface area (Å²) in [6.07, 6.45) is -0.280. The molecule has 0 aliphatic heterocycles. The maximum atomic E-state index is 11.9. The number of amides is 2. The van der Waals surface area contributed by atoms with Crippen LogP contribution in [-0.4, -0.2) is 41.1 Å². The first-order valence-electron chi connectivity index (χ1n) is 8.88. The van der Waals surface area contributed by atoms with Crippen LogP contribution in [0.25, 0.3) is 0 Å². The first-order chi connectivity index (χ1) is 12.2. The van der Waals surface area contributed by atoms with Crippen LogP contribution < -0.4 is 10.6 Å². The molecule has 3 atom stereocenters. The number of aliphatic hydroxyl groups is 1. The van der Waals surface area contributed by atoms with E-state index in [9.17, 15) is 14.7 Å². The normalized spacial score (nSPS) is 23.0. The monoisotopic (exact) mass is 364 g/mol. The molecule has 0 spiro atoms. The third-order valence-corrected chi connectivity index (χ3v) is 4.05. The molecule has 7 nitrogen and oxygen atoms in total. The van der Waals surface area contributed by atoms with E-state index in [4.69, 9.17) is 9.47 Å². The average molecular weight is 364 g/mol. The van der Waals surface area contributed by atoms with Crippen molar-refractivity contribution in [1.29, 1.82) is 0 Å². The molecular weight excluding hydrogens is 336 g/mol. The number of aliphatic hydroxyl groups excluding tert-OH is 1. The lowest BCUT2D eigenvalue weighted by molar-refractivity contribution is 0.0390. The first kappa shape index (κ1) is 20.0. The van der Waals surface area contributed by atoms with E-state index in [0.717, 1.165) is 5.56 Å². The van der Waals surface area contributed by atoms with Crippen molar-refractivity contribution in [3.63, 3.8) is 0 Å². The van der Waals surface area contributed by atoms with Gasteiger partial charge in [0.1, 0.15) is 12.2 Å². The lowest BCUT2D eigenvalue weighted by Crippen LogP contribution is -2.52. The van der Waals surface area contributed by atoms with Crippen LogP contribution >= 0.6 is 0 Å². The Labute approximate surface area is 154 Å². The Morgan fingerprint density at radius 1 is 1.12 bits per heavy atom. The van der Waals surface area contributed by atoms with Crippen molar-refractivity contribution in [2.45, 2.75) is 70.4 Å². The number of carbonyl (C=O) groups is 2. The van der Waals surface area contributed by atoms with Crippen molar-refractivity contribution in [2.24, 2.45) is 0 Å². The highest BCUT2D eigenvalue weighted by Gasteiger charge is 2.32. The van der Waals surface area contributed by atoms with Gasteiger partial charge in [-0.15, -0.1) is 0 Å². The second-order valence-corrected chi connectivity index (χ2v) is 7.54. The number of alkyl carbamates (subject to hydrolysis) is 2. The summed E-state index contributed by atoms with van der Waals surface area (Å²) in [5.74, 6) is 0. The first-order valence-corrected chi connectivity index (χ1v) is 8.88. The zero-order valence-electron chi connectivity index (χ0n) is 15.5. The SMILES string of the molecule is CC(C)(C)OC(=O)N[C@H]1CC[C@H](NC(=O)OCc2ccccc2)[C@@H](O)C1. The number of hydrogen-bond donors (Lipinski definition) is 3. The van der Waals surface area contributed by atoms with Gasteiger partial charge < -0.3 is 25.2 Å². The molecule has 0 bridgehead atoms. The molecular formula is C19H28N2O5. The number of benzene rings is 1. The minimum Gasteiger partial charge on any atom is -0.445 e. The van der Waals surface area contributed by atoms with Gasteiger partial charge in [-0.05, 0) is 45.6 Å². The molecule has 0 saturated heterocycles. The fourth-order valence-corrected chi connectivity index (χ4v) is 2.84. The highest BCUT2D eigenvalue weighted by molar-refractivity contribution is 5.68. The van der Waals surface area contributed by atoms with E-state index in [0.29, 0.717) is 19.3 Å². The van der Waals surface area contributed by atoms with Gasteiger partial charge >= 0.3 is 12.2 Å². The topological polar surface area (TPSA) is 96.9 Å². The summed E-state index contributed by atoms with van der Waals surface area (Å²) < 4.78 is 10.4. The summed E-state index contributed by atoms with van der Waals surface area (Å²) in [4.78, 5) is 23.7. The Morgan fingerprint density at radius 2 is 1.81 bits per heavy atom. The lowest BCUT2D eigenvalue weighted by atomic mass is 9.89. The molecule has 7 heteroatoms. The van der Waals surface area contributed by atoms with Crippen molar-refractivity contribution < 1.29 is 24.2 Å². The van der Waals surface area contributed by atoms with Crippen LogP contribution in [0.3, 0.4) is 0 Å². The van der Waals surface area contributed by atoms with Gasteiger partial charge in [0.2, 0.25) is 0 Å².